The van der Waals surface area contributed by atoms with Gasteiger partial charge in [0.05, 0.1) is 18.9 Å². The lowest BCUT2D eigenvalue weighted by atomic mass is 10.2. The van der Waals surface area contributed by atoms with Gasteiger partial charge in [0, 0.05) is 20.2 Å². The van der Waals surface area contributed by atoms with E-state index < -0.39 is 0 Å². The fraction of sp³-hybridized carbons (Fsp3) is 0.500. The molecule has 2 rings (SSSR count). The summed E-state index contributed by atoms with van der Waals surface area (Å²) >= 11 is 0. The van der Waals surface area contributed by atoms with Crippen LogP contribution in [0.15, 0.2) is 24.3 Å². The molecule has 22 heavy (non-hydrogen) atoms. The molecule has 6 heteroatoms. The Balaban J connectivity index is 1.77. The van der Waals surface area contributed by atoms with E-state index in [1.807, 2.05) is 22.9 Å². The Labute approximate surface area is 131 Å². The Morgan fingerprint density at radius 1 is 1.23 bits per heavy atom. The summed E-state index contributed by atoms with van der Waals surface area (Å²) in [5.41, 5.74) is 8.59. The smallest absolute Gasteiger partial charge is 0.122 e. The third-order valence-corrected chi connectivity index (χ3v) is 3.51. The number of hydrogen-bond donors (Lipinski definition) is 1. The topological polar surface area (TPSA) is 75.2 Å². The van der Waals surface area contributed by atoms with E-state index in [0.29, 0.717) is 19.8 Å². The van der Waals surface area contributed by atoms with E-state index in [1.165, 1.54) is 0 Å². The first-order valence-electron chi connectivity index (χ1n) is 7.55. The third-order valence-electron chi connectivity index (χ3n) is 3.51. The fourth-order valence-corrected chi connectivity index (χ4v) is 2.27. The summed E-state index contributed by atoms with van der Waals surface area (Å²) in [7, 11) is 1.66. The zero-order valence-corrected chi connectivity index (χ0v) is 13.3. The van der Waals surface area contributed by atoms with Gasteiger partial charge in [0.25, 0.3) is 0 Å². The molecule has 2 N–H and O–H groups in total. The van der Waals surface area contributed by atoms with E-state index in [0.717, 1.165) is 42.1 Å². The molecule has 0 aliphatic rings. The summed E-state index contributed by atoms with van der Waals surface area (Å²) in [4.78, 5) is 0. The maximum absolute atomic E-state index is 5.79. The minimum Gasteiger partial charge on any atom is -0.493 e. The van der Waals surface area contributed by atoms with Crippen molar-refractivity contribution < 1.29 is 9.47 Å². The normalized spacial score (nSPS) is 10.9. The molecule has 2 aromatic rings. The van der Waals surface area contributed by atoms with Crippen LogP contribution in [0.25, 0.3) is 0 Å². The maximum Gasteiger partial charge on any atom is 0.122 e. The van der Waals surface area contributed by atoms with Gasteiger partial charge in [-0.15, -0.1) is 5.10 Å². The highest BCUT2D eigenvalue weighted by Crippen LogP contribution is 2.16. The first kappa shape index (κ1) is 16.5. The van der Waals surface area contributed by atoms with Gasteiger partial charge in [0.15, 0.2) is 0 Å². The van der Waals surface area contributed by atoms with Crippen LogP contribution in [-0.2, 0) is 24.4 Å². The third kappa shape index (κ3) is 4.29. The molecule has 1 aromatic heterocycles. The van der Waals surface area contributed by atoms with Crippen LogP contribution < -0.4 is 10.5 Å². The molecule has 0 radical (unpaired) electrons. The number of hydrogen-bond acceptors (Lipinski definition) is 5. The van der Waals surface area contributed by atoms with Gasteiger partial charge in [-0.3, -0.25) is 0 Å². The molecule has 0 atom stereocenters. The monoisotopic (exact) mass is 304 g/mol. The summed E-state index contributed by atoms with van der Waals surface area (Å²) in [5, 5.41) is 8.23. The highest BCUT2D eigenvalue weighted by atomic mass is 16.5. The molecule has 0 aliphatic carbocycles. The van der Waals surface area contributed by atoms with Gasteiger partial charge in [-0.1, -0.05) is 23.4 Å². The lowest BCUT2D eigenvalue weighted by Gasteiger charge is -2.09. The summed E-state index contributed by atoms with van der Waals surface area (Å²) in [6.07, 6.45) is 1.93. The van der Waals surface area contributed by atoms with Crippen molar-refractivity contribution in [3.05, 3.63) is 41.2 Å². The van der Waals surface area contributed by atoms with Crippen LogP contribution in [-0.4, -0.2) is 28.7 Å². The van der Waals surface area contributed by atoms with Crippen LogP contribution in [0, 0.1) is 6.92 Å². The Hall–Kier alpha value is -1.92. The van der Waals surface area contributed by atoms with E-state index >= 15 is 0 Å². The fourth-order valence-electron chi connectivity index (χ4n) is 2.27. The SMILES string of the molecule is COCc1c(CN)nnn1CCCCOc1ccccc1C. The van der Waals surface area contributed by atoms with Gasteiger partial charge in [0.1, 0.15) is 11.4 Å². The molecule has 0 amide bonds. The van der Waals surface area contributed by atoms with Gasteiger partial charge in [-0.25, -0.2) is 4.68 Å². The first-order chi connectivity index (χ1) is 10.8. The number of aromatic nitrogens is 3. The van der Waals surface area contributed by atoms with Gasteiger partial charge in [0.2, 0.25) is 0 Å². The second-order valence-electron chi connectivity index (χ2n) is 5.16. The quantitative estimate of drug-likeness (QED) is 0.718. The van der Waals surface area contributed by atoms with Crippen molar-refractivity contribution in [1.82, 2.24) is 15.0 Å². The van der Waals surface area contributed by atoms with E-state index in [9.17, 15) is 0 Å². The minimum absolute atomic E-state index is 0.384. The average Bonchev–Trinajstić information content (AvgIpc) is 2.91. The average molecular weight is 304 g/mol. The van der Waals surface area contributed by atoms with Crippen LogP contribution in [0.3, 0.4) is 0 Å². The molecule has 1 aromatic carbocycles. The largest absolute Gasteiger partial charge is 0.493 e. The molecule has 0 unspecified atom stereocenters. The van der Waals surface area contributed by atoms with Gasteiger partial charge >= 0.3 is 0 Å². The highest BCUT2D eigenvalue weighted by Gasteiger charge is 2.10. The summed E-state index contributed by atoms with van der Waals surface area (Å²) in [6.45, 7) is 4.41. The number of benzene rings is 1. The van der Waals surface area contributed by atoms with Gasteiger partial charge in [-0.05, 0) is 31.4 Å². The van der Waals surface area contributed by atoms with Crippen LogP contribution in [0.5, 0.6) is 5.75 Å². The Morgan fingerprint density at radius 3 is 2.77 bits per heavy atom. The van der Waals surface area contributed by atoms with Crippen molar-refractivity contribution in [2.24, 2.45) is 5.73 Å². The number of nitrogens with two attached hydrogens (primary N) is 1. The maximum atomic E-state index is 5.79. The number of para-hydroxylation sites is 1. The lowest BCUT2D eigenvalue weighted by molar-refractivity contribution is 0.175. The molecule has 0 spiro atoms. The Kier molecular flexibility index (Phi) is 6.36. The van der Waals surface area contributed by atoms with Crippen molar-refractivity contribution in [3.8, 4) is 5.75 Å². The molecule has 0 fully saturated rings. The van der Waals surface area contributed by atoms with Crippen molar-refractivity contribution in [2.75, 3.05) is 13.7 Å². The number of unbranched alkanes of at least 4 members (excludes halogenated alkanes) is 1. The molecule has 0 aliphatic heterocycles. The zero-order chi connectivity index (χ0) is 15.8. The lowest BCUT2D eigenvalue weighted by Crippen LogP contribution is -2.10. The second kappa shape index (κ2) is 8.51. The number of ether oxygens (including phenoxy) is 2. The molecule has 0 saturated carbocycles. The van der Waals surface area contributed by atoms with Gasteiger partial charge < -0.3 is 15.2 Å². The van der Waals surface area contributed by atoms with Crippen molar-refractivity contribution in [3.63, 3.8) is 0 Å². The molecule has 0 saturated heterocycles. The first-order valence-corrected chi connectivity index (χ1v) is 7.55. The van der Waals surface area contributed by atoms with Crippen molar-refractivity contribution in [2.45, 2.75) is 39.5 Å². The predicted octanol–water partition coefficient (Wildman–Crippen LogP) is 2.05. The predicted molar refractivity (Wildman–Crippen MR) is 84.5 cm³/mol. The van der Waals surface area contributed by atoms with Crippen LogP contribution in [0.1, 0.15) is 29.8 Å². The standard InChI is InChI=1S/C16H24N4O2/c1-13-7-3-4-8-16(13)22-10-6-5-9-20-15(12-21-2)14(11-17)18-19-20/h3-4,7-8H,5-6,9-12,17H2,1-2H3. The van der Waals surface area contributed by atoms with E-state index in [4.69, 9.17) is 15.2 Å². The molecule has 1 heterocycles. The molecular formula is C16H24N4O2. The number of rotatable bonds is 9. The summed E-state index contributed by atoms with van der Waals surface area (Å²) in [6, 6.07) is 8.05. The Morgan fingerprint density at radius 2 is 2.05 bits per heavy atom. The molecular weight excluding hydrogens is 280 g/mol. The Bertz CT molecular complexity index is 583. The van der Waals surface area contributed by atoms with E-state index in [1.54, 1.807) is 7.11 Å². The second-order valence-corrected chi connectivity index (χ2v) is 5.16. The van der Waals surface area contributed by atoms with Crippen LogP contribution >= 0.6 is 0 Å². The number of aryl methyl sites for hydroxylation is 2. The van der Waals surface area contributed by atoms with Crippen molar-refractivity contribution >= 4 is 0 Å². The summed E-state index contributed by atoms with van der Waals surface area (Å²) < 4.78 is 12.9. The van der Waals surface area contributed by atoms with E-state index in [-0.39, 0.29) is 0 Å². The zero-order valence-electron chi connectivity index (χ0n) is 13.3. The summed E-state index contributed by atoms with van der Waals surface area (Å²) in [5.74, 6) is 0.953. The van der Waals surface area contributed by atoms with E-state index in [2.05, 4.69) is 23.3 Å². The van der Waals surface area contributed by atoms with Crippen LogP contribution in [0.4, 0.5) is 0 Å². The van der Waals surface area contributed by atoms with Crippen LogP contribution in [0.2, 0.25) is 0 Å². The molecule has 6 nitrogen and oxygen atoms in total. The minimum atomic E-state index is 0.384. The highest BCUT2D eigenvalue weighted by molar-refractivity contribution is 5.31. The molecule has 0 bridgehead atoms. The van der Waals surface area contributed by atoms with Gasteiger partial charge in [-0.2, -0.15) is 0 Å². The number of methoxy groups -OCH3 is 1. The van der Waals surface area contributed by atoms with Crippen molar-refractivity contribution in [1.29, 1.82) is 0 Å². The molecule has 120 valence electrons. The number of nitrogens with zero attached hydrogens (tertiary/aromatic N) is 3.